The lowest BCUT2D eigenvalue weighted by atomic mass is 10.1. The lowest BCUT2D eigenvalue weighted by molar-refractivity contribution is 0.0990. The molecule has 0 spiro atoms. The van der Waals surface area contributed by atoms with Gasteiger partial charge in [-0.15, -0.1) is 0 Å². The van der Waals surface area contributed by atoms with Crippen molar-refractivity contribution in [1.82, 2.24) is 0 Å². The van der Waals surface area contributed by atoms with E-state index in [1.54, 1.807) is 12.1 Å². The zero-order valence-corrected chi connectivity index (χ0v) is 9.89. The summed E-state index contributed by atoms with van der Waals surface area (Å²) in [6.45, 7) is 1.66. The Balaban J connectivity index is 2.34. The van der Waals surface area contributed by atoms with Gasteiger partial charge in [-0.3, -0.25) is 4.79 Å². The molecule has 4 nitrogen and oxygen atoms in total. The summed E-state index contributed by atoms with van der Waals surface area (Å²) in [6, 6.07) is 7.21. The van der Waals surface area contributed by atoms with E-state index in [1.807, 2.05) is 18.6 Å². The summed E-state index contributed by atoms with van der Waals surface area (Å²) in [6.07, 6.45) is 3.97. The minimum absolute atomic E-state index is 0.401. The molecule has 4 heteroatoms. The average Bonchev–Trinajstić information content (AvgIpc) is 2.34. The minimum Gasteiger partial charge on any atom is -0.376 e. The van der Waals surface area contributed by atoms with Gasteiger partial charge in [-0.2, -0.15) is 0 Å². The molecule has 0 bridgehead atoms. The predicted octanol–water partition coefficient (Wildman–Crippen LogP) is 1.25. The molecule has 1 aromatic rings. The maximum atomic E-state index is 11.1. The van der Waals surface area contributed by atoms with E-state index in [-0.39, 0.29) is 0 Å². The first kappa shape index (κ1) is 13.7. The van der Waals surface area contributed by atoms with Gasteiger partial charge in [0, 0.05) is 5.56 Å². The fourth-order valence-corrected chi connectivity index (χ4v) is 1.48. The summed E-state index contributed by atoms with van der Waals surface area (Å²) >= 11 is 0. The molecule has 4 N–H and O–H groups in total. The van der Waals surface area contributed by atoms with Crippen LogP contribution in [0.5, 0.6) is 0 Å². The highest BCUT2D eigenvalue weighted by Gasteiger charge is 2.06. The van der Waals surface area contributed by atoms with Gasteiger partial charge in [-0.1, -0.05) is 18.2 Å². The van der Waals surface area contributed by atoms with Crippen LogP contribution in [-0.2, 0) is 11.3 Å². The summed E-state index contributed by atoms with van der Waals surface area (Å²) in [5, 5.41) is 0. The second-order valence-electron chi connectivity index (χ2n) is 3.76. The van der Waals surface area contributed by atoms with Gasteiger partial charge in [-0.25, -0.2) is 0 Å². The molecule has 1 rings (SSSR count). The third kappa shape index (κ3) is 4.97. The van der Waals surface area contributed by atoms with Crippen molar-refractivity contribution in [3.63, 3.8) is 0 Å². The Kier molecular flexibility index (Phi) is 6.29. The highest BCUT2D eigenvalue weighted by Crippen LogP contribution is 2.09. The van der Waals surface area contributed by atoms with Crippen molar-refractivity contribution in [2.45, 2.75) is 19.4 Å². The molecular weight excluding hydrogens is 216 g/mol. The second kappa shape index (κ2) is 7.81. The van der Waals surface area contributed by atoms with Crippen molar-refractivity contribution in [3.05, 3.63) is 41.8 Å². The van der Waals surface area contributed by atoms with Gasteiger partial charge in [0.2, 0.25) is 5.91 Å². The van der Waals surface area contributed by atoms with Crippen molar-refractivity contribution in [1.29, 1.82) is 0 Å². The number of carbonyl (C=O) groups is 1. The topological polar surface area (TPSA) is 78.3 Å². The fourth-order valence-electron chi connectivity index (χ4n) is 1.48. The number of ether oxygens (including phenoxy) is 1. The van der Waals surface area contributed by atoms with Gasteiger partial charge in [-0.05, 0) is 37.4 Å². The van der Waals surface area contributed by atoms with Gasteiger partial charge in [0.15, 0.2) is 0 Å². The zero-order valence-electron chi connectivity index (χ0n) is 9.89. The number of benzene rings is 1. The van der Waals surface area contributed by atoms with E-state index < -0.39 is 5.91 Å². The molecule has 0 saturated heterocycles. The first-order valence-corrected chi connectivity index (χ1v) is 5.73. The third-order valence-electron chi connectivity index (χ3n) is 2.39. The highest BCUT2D eigenvalue weighted by atomic mass is 16.5. The number of nitrogens with two attached hydrogens (primary N) is 2. The summed E-state index contributed by atoms with van der Waals surface area (Å²) in [4.78, 5) is 11.1. The van der Waals surface area contributed by atoms with Crippen LogP contribution in [0.15, 0.2) is 24.3 Å². The summed E-state index contributed by atoms with van der Waals surface area (Å²) < 4.78 is 5.45. The van der Waals surface area contributed by atoms with Gasteiger partial charge in [0.25, 0.3) is 0 Å². The molecule has 0 unspecified atom stereocenters. The Morgan fingerprint density at radius 2 is 2.12 bits per heavy atom. The maximum absolute atomic E-state index is 11.1. The van der Waals surface area contributed by atoms with Crippen molar-refractivity contribution < 1.29 is 9.53 Å². The summed E-state index contributed by atoms with van der Waals surface area (Å²) in [5.74, 6) is -0.420. The molecule has 0 saturated carbocycles. The quantitative estimate of drug-likeness (QED) is 0.665. The molecule has 0 aromatic heterocycles. The van der Waals surface area contributed by atoms with Crippen molar-refractivity contribution in [2.75, 3.05) is 13.2 Å². The Morgan fingerprint density at radius 3 is 2.82 bits per heavy atom. The van der Waals surface area contributed by atoms with Crippen molar-refractivity contribution in [3.8, 4) is 0 Å². The lowest BCUT2D eigenvalue weighted by Gasteiger charge is -2.07. The van der Waals surface area contributed by atoms with Gasteiger partial charge in [0.05, 0.1) is 13.2 Å². The highest BCUT2D eigenvalue weighted by molar-refractivity contribution is 5.94. The molecule has 0 heterocycles. The molecule has 0 aliphatic carbocycles. The molecular formula is C13H19N2O2. The number of rotatable bonds is 8. The molecule has 0 aliphatic heterocycles. The number of hydrogen-bond acceptors (Lipinski definition) is 3. The molecule has 0 fully saturated rings. The SMILES string of the molecule is NCCC[CH]COCc1ccccc1C(N)=O. The van der Waals surface area contributed by atoms with E-state index in [1.165, 1.54) is 0 Å². The molecule has 17 heavy (non-hydrogen) atoms. The number of carbonyl (C=O) groups excluding carboxylic acids is 1. The van der Waals surface area contributed by atoms with Crippen LogP contribution in [0, 0.1) is 6.42 Å². The predicted molar refractivity (Wildman–Crippen MR) is 67.2 cm³/mol. The van der Waals surface area contributed by atoms with Crippen LogP contribution in [0.25, 0.3) is 0 Å². The van der Waals surface area contributed by atoms with E-state index in [9.17, 15) is 4.79 Å². The smallest absolute Gasteiger partial charge is 0.249 e. The first-order chi connectivity index (χ1) is 8.25. The van der Waals surface area contributed by atoms with Crippen LogP contribution < -0.4 is 11.5 Å². The van der Waals surface area contributed by atoms with Crippen molar-refractivity contribution in [2.24, 2.45) is 11.5 Å². The Labute approximate surface area is 102 Å². The Bertz CT molecular complexity index is 353. The van der Waals surface area contributed by atoms with E-state index in [4.69, 9.17) is 16.2 Å². The van der Waals surface area contributed by atoms with Crippen LogP contribution in [0.3, 0.4) is 0 Å². The van der Waals surface area contributed by atoms with Crippen LogP contribution in [-0.4, -0.2) is 19.1 Å². The van der Waals surface area contributed by atoms with Gasteiger partial charge in [0.1, 0.15) is 0 Å². The summed E-state index contributed by atoms with van der Waals surface area (Å²) in [7, 11) is 0. The molecule has 1 radical (unpaired) electrons. The van der Waals surface area contributed by atoms with E-state index >= 15 is 0 Å². The number of unbranched alkanes of at least 4 members (excludes halogenated alkanes) is 2. The standard InChI is InChI=1S/C13H19N2O2/c14-8-4-1-5-9-17-10-11-6-2-3-7-12(11)13(15)16/h2-3,5-7H,1,4,8-10,14H2,(H2,15,16). The van der Waals surface area contributed by atoms with Crippen LogP contribution >= 0.6 is 0 Å². The largest absolute Gasteiger partial charge is 0.376 e. The molecule has 1 aromatic carbocycles. The number of amides is 1. The summed E-state index contributed by atoms with van der Waals surface area (Å²) in [5.41, 5.74) is 12.0. The molecule has 0 aliphatic rings. The second-order valence-corrected chi connectivity index (χ2v) is 3.76. The van der Waals surface area contributed by atoms with Gasteiger partial charge >= 0.3 is 0 Å². The van der Waals surface area contributed by atoms with Crippen LogP contribution in [0.4, 0.5) is 0 Å². The first-order valence-electron chi connectivity index (χ1n) is 5.73. The molecule has 0 atom stereocenters. The van der Waals surface area contributed by atoms with E-state index in [0.29, 0.717) is 25.3 Å². The molecule has 93 valence electrons. The zero-order chi connectivity index (χ0) is 12.5. The Hall–Kier alpha value is -1.39. The van der Waals surface area contributed by atoms with Gasteiger partial charge < -0.3 is 16.2 Å². The van der Waals surface area contributed by atoms with Crippen LogP contribution in [0.2, 0.25) is 0 Å². The lowest BCUT2D eigenvalue weighted by Crippen LogP contribution is -2.14. The third-order valence-corrected chi connectivity index (χ3v) is 2.39. The maximum Gasteiger partial charge on any atom is 0.249 e. The monoisotopic (exact) mass is 235 g/mol. The van der Waals surface area contributed by atoms with E-state index in [0.717, 1.165) is 18.4 Å². The average molecular weight is 235 g/mol. The number of hydrogen-bond donors (Lipinski definition) is 2. The van der Waals surface area contributed by atoms with Crippen molar-refractivity contribution >= 4 is 5.91 Å². The normalized spacial score (nSPS) is 10.4. The molecule has 1 amide bonds. The minimum atomic E-state index is -0.420. The number of primary amides is 1. The fraction of sp³-hybridized carbons (Fsp3) is 0.385. The Morgan fingerprint density at radius 1 is 1.35 bits per heavy atom. The van der Waals surface area contributed by atoms with E-state index in [2.05, 4.69) is 0 Å². The van der Waals surface area contributed by atoms with Crippen LogP contribution in [0.1, 0.15) is 28.8 Å².